The predicted molar refractivity (Wildman–Crippen MR) is 215 cm³/mol. The molecule has 2 aliphatic carbocycles. The average molecular weight is 756 g/mol. The molecule has 0 unspecified atom stereocenters. The van der Waals surface area contributed by atoms with Gasteiger partial charge in [0.25, 0.3) is 11.8 Å². The summed E-state index contributed by atoms with van der Waals surface area (Å²) in [6, 6.07) is 36.1. The Morgan fingerprint density at radius 1 is 0.719 bits per heavy atom. The van der Waals surface area contributed by atoms with Gasteiger partial charge in [-0.25, -0.2) is 0 Å². The Kier molecular flexibility index (Phi) is 8.57. The second-order valence-electron chi connectivity index (χ2n) is 15.8. The molecular weight excluding hydrogens is 715 g/mol. The van der Waals surface area contributed by atoms with E-state index in [1.807, 2.05) is 99.6 Å². The number of fused-ring (bicyclic) bond motifs is 4. The van der Waals surface area contributed by atoms with Crippen LogP contribution in [0.3, 0.4) is 0 Å². The number of allylic oxidation sites excluding steroid dienone is 2. The summed E-state index contributed by atoms with van der Waals surface area (Å²) in [7, 11) is 0. The van der Waals surface area contributed by atoms with E-state index in [9.17, 15) is 24.3 Å². The van der Waals surface area contributed by atoms with Crippen LogP contribution in [0.2, 0.25) is 0 Å². The molecule has 6 atom stereocenters. The van der Waals surface area contributed by atoms with Crippen LogP contribution in [0.25, 0.3) is 0 Å². The van der Waals surface area contributed by atoms with E-state index >= 15 is 4.79 Å². The molecule has 3 fully saturated rings. The number of phenolic OH excluding ortho intramolecular Hbond substituents is 1. The zero-order valence-electron chi connectivity index (χ0n) is 31.8. The summed E-state index contributed by atoms with van der Waals surface area (Å²) in [6.07, 6.45) is 2.47. The van der Waals surface area contributed by atoms with Gasteiger partial charge in [-0.2, -0.15) is 5.01 Å². The molecule has 5 aromatic rings. The van der Waals surface area contributed by atoms with Gasteiger partial charge in [0.1, 0.15) is 5.75 Å². The number of benzene rings is 5. The van der Waals surface area contributed by atoms with Gasteiger partial charge in [0.15, 0.2) is 5.78 Å². The monoisotopic (exact) mass is 755 g/mol. The van der Waals surface area contributed by atoms with Crippen molar-refractivity contribution in [1.29, 1.82) is 0 Å². The molecule has 284 valence electrons. The Balaban J connectivity index is 1.16. The van der Waals surface area contributed by atoms with Crippen molar-refractivity contribution < 1.29 is 29.1 Å². The largest absolute Gasteiger partial charge is 0.507 e. The maximum Gasteiger partial charge on any atom is 0.260 e. The zero-order chi connectivity index (χ0) is 39.7. The molecule has 9 heteroatoms. The van der Waals surface area contributed by atoms with Crippen LogP contribution in [0.15, 0.2) is 133 Å². The first-order valence-corrected chi connectivity index (χ1v) is 19.4. The van der Waals surface area contributed by atoms with Gasteiger partial charge in [0, 0.05) is 17.0 Å². The molecule has 0 spiro atoms. The van der Waals surface area contributed by atoms with Crippen LogP contribution >= 0.6 is 0 Å². The molecule has 57 heavy (non-hydrogen) atoms. The van der Waals surface area contributed by atoms with E-state index in [-0.39, 0.29) is 36.2 Å². The van der Waals surface area contributed by atoms with Crippen molar-refractivity contribution in [2.24, 2.45) is 23.7 Å². The lowest BCUT2D eigenvalue weighted by molar-refractivity contribution is -0.138. The number of hydrazine groups is 1. The predicted octanol–water partition coefficient (Wildman–Crippen LogP) is 7.74. The number of aromatic hydroxyl groups is 1. The highest BCUT2D eigenvalue weighted by Crippen LogP contribution is 2.64. The fraction of sp³-hybridized carbons (Fsp3) is 0.229. The third-order valence-electron chi connectivity index (χ3n) is 12.7. The van der Waals surface area contributed by atoms with Crippen molar-refractivity contribution in [2.45, 2.75) is 44.9 Å². The fourth-order valence-corrected chi connectivity index (χ4v) is 10.1. The standard InChI is InChI=1S/C48H41N3O6/c1-27-14-18-34(19-15-27)49-51-45(55)39-26-38-36(41(32-24-28(2)42(52)29(3)25-32)48(39,47(51)57)33-12-8-5-9-13-33)22-23-37-40(38)46(56)50(44(37)54)35-20-16-31(17-21-35)43(53)30-10-6-4-7-11-30/h4-22,24-25,37-41,49,52H,23,26H2,1-3H3/t37-,38+,39-,40-,41-,48+/m0/s1. The maximum absolute atomic E-state index is 15.4. The Bertz CT molecular complexity index is 2490. The molecule has 2 N–H and O–H groups in total. The molecule has 0 aromatic heterocycles. The smallest absolute Gasteiger partial charge is 0.260 e. The van der Waals surface area contributed by atoms with E-state index < -0.39 is 46.8 Å². The second-order valence-corrected chi connectivity index (χ2v) is 15.8. The summed E-state index contributed by atoms with van der Waals surface area (Å²) in [5.74, 6) is -5.11. The number of nitrogens with one attached hydrogen (secondary N) is 1. The molecule has 4 aliphatic rings. The molecule has 0 radical (unpaired) electrons. The first kappa shape index (κ1) is 36.1. The number of carbonyl (C=O) groups excluding carboxylic acids is 5. The van der Waals surface area contributed by atoms with Gasteiger partial charge in [0.2, 0.25) is 11.8 Å². The number of anilines is 2. The van der Waals surface area contributed by atoms with E-state index in [4.69, 9.17) is 0 Å². The quantitative estimate of drug-likeness (QED) is 0.0990. The van der Waals surface area contributed by atoms with Gasteiger partial charge in [-0.15, -0.1) is 0 Å². The fourth-order valence-electron chi connectivity index (χ4n) is 10.1. The molecular formula is C48H41N3O6. The molecule has 5 aromatic carbocycles. The number of aryl methyl sites for hydroxylation is 3. The number of nitrogens with zero attached hydrogens (tertiary/aromatic N) is 2. The van der Waals surface area contributed by atoms with Gasteiger partial charge in [-0.05, 0) is 98.2 Å². The minimum absolute atomic E-state index is 0.147. The molecule has 0 bridgehead atoms. The minimum atomic E-state index is -1.41. The molecule has 4 amide bonds. The number of amides is 4. The summed E-state index contributed by atoms with van der Waals surface area (Å²) < 4.78 is 0. The normalized spacial score (nSPS) is 25.2. The lowest BCUT2D eigenvalue weighted by atomic mass is 9.49. The second kappa shape index (κ2) is 13.5. The van der Waals surface area contributed by atoms with Crippen molar-refractivity contribution in [3.8, 4) is 5.75 Å². The van der Waals surface area contributed by atoms with Crippen LogP contribution < -0.4 is 10.3 Å². The number of phenols is 1. The van der Waals surface area contributed by atoms with Crippen molar-refractivity contribution in [1.82, 2.24) is 5.01 Å². The van der Waals surface area contributed by atoms with E-state index in [0.29, 0.717) is 39.2 Å². The lowest BCUT2D eigenvalue weighted by Gasteiger charge is -2.50. The minimum Gasteiger partial charge on any atom is -0.507 e. The van der Waals surface area contributed by atoms with Gasteiger partial charge < -0.3 is 5.11 Å². The Labute approximate surface area is 330 Å². The van der Waals surface area contributed by atoms with Crippen LogP contribution in [-0.2, 0) is 24.6 Å². The van der Waals surface area contributed by atoms with Gasteiger partial charge in [0.05, 0.1) is 34.5 Å². The van der Waals surface area contributed by atoms with Crippen molar-refractivity contribution in [2.75, 3.05) is 10.3 Å². The average Bonchev–Trinajstić information content (AvgIpc) is 3.61. The molecule has 2 aliphatic heterocycles. The lowest BCUT2D eigenvalue weighted by Crippen LogP contribution is -2.53. The number of hydrogen-bond donors (Lipinski definition) is 2. The number of hydrogen-bond acceptors (Lipinski definition) is 7. The van der Waals surface area contributed by atoms with Crippen LogP contribution in [0.1, 0.15) is 62.5 Å². The first-order chi connectivity index (χ1) is 27.5. The number of rotatable bonds is 7. The molecule has 9 nitrogen and oxygen atoms in total. The summed E-state index contributed by atoms with van der Waals surface area (Å²) in [4.78, 5) is 73.8. The third kappa shape index (κ3) is 5.47. The van der Waals surface area contributed by atoms with E-state index in [0.717, 1.165) is 21.7 Å². The molecule has 9 rings (SSSR count). The Morgan fingerprint density at radius 3 is 1.98 bits per heavy atom. The summed E-state index contributed by atoms with van der Waals surface area (Å²) in [6.45, 7) is 5.58. The number of imide groups is 2. The van der Waals surface area contributed by atoms with E-state index in [1.165, 1.54) is 4.90 Å². The van der Waals surface area contributed by atoms with Gasteiger partial charge in [-0.3, -0.25) is 34.3 Å². The van der Waals surface area contributed by atoms with Crippen LogP contribution in [0.5, 0.6) is 5.75 Å². The Morgan fingerprint density at radius 2 is 1.33 bits per heavy atom. The summed E-state index contributed by atoms with van der Waals surface area (Å²) in [5.41, 5.74) is 8.20. The van der Waals surface area contributed by atoms with Crippen molar-refractivity contribution in [3.63, 3.8) is 0 Å². The van der Waals surface area contributed by atoms with Crippen molar-refractivity contribution >= 4 is 40.8 Å². The summed E-state index contributed by atoms with van der Waals surface area (Å²) >= 11 is 0. The SMILES string of the molecule is Cc1ccc(NN2C(=O)[C@@H]3C[C@@H]4C(=CC[C@@H]5C(=O)N(c6ccc(C(=O)c7ccccc7)cc6)C(=O)[C@@H]54)[C@H](c4cc(C)c(O)c(C)c4)[C@]3(c3ccccc3)C2=O)cc1. The van der Waals surface area contributed by atoms with Crippen LogP contribution in [-0.4, -0.2) is 39.5 Å². The van der Waals surface area contributed by atoms with Crippen LogP contribution in [0.4, 0.5) is 11.4 Å². The summed E-state index contributed by atoms with van der Waals surface area (Å²) in [5, 5.41) is 12.1. The topological polar surface area (TPSA) is 124 Å². The third-order valence-corrected chi connectivity index (χ3v) is 12.7. The Hall–Kier alpha value is -6.61. The maximum atomic E-state index is 15.4. The van der Waals surface area contributed by atoms with E-state index in [1.54, 1.807) is 48.5 Å². The highest BCUT2D eigenvalue weighted by Gasteiger charge is 2.70. The van der Waals surface area contributed by atoms with E-state index in [2.05, 4.69) is 5.43 Å². The molecule has 2 heterocycles. The highest BCUT2D eigenvalue weighted by molar-refractivity contribution is 6.23. The van der Waals surface area contributed by atoms with Crippen molar-refractivity contribution in [3.05, 3.63) is 172 Å². The molecule has 2 saturated heterocycles. The van der Waals surface area contributed by atoms with Crippen LogP contribution in [0, 0.1) is 44.4 Å². The number of carbonyl (C=O) groups is 5. The number of ketones is 1. The van der Waals surface area contributed by atoms with Gasteiger partial charge >= 0.3 is 0 Å². The first-order valence-electron chi connectivity index (χ1n) is 19.4. The highest BCUT2D eigenvalue weighted by atomic mass is 16.3. The molecule has 1 saturated carbocycles. The van der Waals surface area contributed by atoms with Gasteiger partial charge in [-0.1, -0.05) is 102 Å². The zero-order valence-corrected chi connectivity index (χ0v) is 31.8.